The second-order valence-electron chi connectivity index (χ2n) is 2.82. The van der Waals surface area contributed by atoms with Crippen LogP contribution in [0.5, 0.6) is 0 Å². The predicted octanol–water partition coefficient (Wildman–Crippen LogP) is 3.02. The molecule has 70 valence electrons. The molecule has 0 saturated carbocycles. The van der Waals surface area contributed by atoms with Crippen molar-refractivity contribution in [3.63, 3.8) is 0 Å². The molecule has 0 radical (unpaired) electrons. The molecule has 0 amide bonds. The first-order valence-corrected chi connectivity index (χ1v) is 5.43. The van der Waals surface area contributed by atoms with E-state index in [4.69, 9.17) is 0 Å². The minimum Gasteiger partial charge on any atom is -0.388 e. The molecule has 0 aliphatic carbocycles. The Hall–Kier alpha value is -0.730. The maximum atomic E-state index is 9.66. The van der Waals surface area contributed by atoms with Crippen LogP contribution in [-0.4, -0.2) is 11.4 Å². The van der Waals surface area contributed by atoms with E-state index in [9.17, 15) is 5.11 Å². The van der Waals surface area contributed by atoms with E-state index in [2.05, 4.69) is 6.58 Å². The molecule has 0 aromatic heterocycles. The fourth-order valence-corrected chi connectivity index (χ4v) is 1.61. The van der Waals surface area contributed by atoms with Gasteiger partial charge in [-0.1, -0.05) is 18.2 Å². The van der Waals surface area contributed by atoms with Gasteiger partial charge in [-0.15, -0.1) is 18.3 Å². The normalized spacial score (nSPS) is 12.5. The van der Waals surface area contributed by atoms with Crippen LogP contribution in [0, 0.1) is 0 Å². The minimum atomic E-state index is -0.412. The van der Waals surface area contributed by atoms with Gasteiger partial charge in [0.1, 0.15) is 0 Å². The SMILES string of the molecule is C=CCC(O)c1cccc(SC)c1. The molecule has 0 saturated heterocycles. The summed E-state index contributed by atoms with van der Waals surface area (Å²) in [5, 5.41) is 9.66. The molecule has 0 aliphatic rings. The summed E-state index contributed by atoms with van der Waals surface area (Å²) >= 11 is 1.68. The Kier molecular flexibility index (Phi) is 4.06. The van der Waals surface area contributed by atoms with E-state index in [1.807, 2.05) is 30.5 Å². The Labute approximate surface area is 83.5 Å². The third-order valence-corrected chi connectivity index (χ3v) is 2.59. The van der Waals surface area contributed by atoms with Crippen molar-refractivity contribution in [1.82, 2.24) is 0 Å². The van der Waals surface area contributed by atoms with Crippen LogP contribution in [-0.2, 0) is 0 Å². The highest BCUT2D eigenvalue weighted by molar-refractivity contribution is 7.98. The molecule has 0 aliphatic heterocycles. The van der Waals surface area contributed by atoms with Crippen LogP contribution >= 0.6 is 11.8 Å². The van der Waals surface area contributed by atoms with E-state index in [-0.39, 0.29) is 0 Å². The van der Waals surface area contributed by atoms with E-state index < -0.39 is 6.10 Å². The monoisotopic (exact) mass is 194 g/mol. The molecule has 1 nitrogen and oxygen atoms in total. The van der Waals surface area contributed by atoms with E-state index in [0.717, 1.165) is 5.56 Å². The van der Waals surface area contributed by atoms with Gasteiger partial charge in [0.2, 0.25) is 0 Å². The van der Waals surface area contributed by atoms with Crippen LogP contribution in [0.15, 0.2) is 41.8 Å². The molecule has 0 fully saturated rings. The molecular formula is C11H14OS. The van der Waals surface area contributed by atoms with Crippen molar-refractivity contribution in [2.24, 2.45) is 0 Å². The number of hydrogen-bond donors (Lipinski definition) is 1. The van der Waals surface area contributed by atoms with E-state index in [1.54, 1.807) is 17.8 Å². The summed E-state index contributed by atoms with van der Waals surface area (Å²) in [5.41, 5.74) is 0.965. The van der Waals surface area contributed by atoms with E-state index >= 15 is 0 Å². The second kappa shape index (κ2) is 5.10. The molecule has 1 aromatic carbocycles. The van der Waals surface area contributed by atoms with Gasteiger partial charge in [0.15, 0.2) is 0 Å². The lowest BCUT2D eigenvalue weighted by Gasteiger charge is -2.08. The number of rotatable bonds is 4. The van der Waals surface area contributed by atoms with Crippen LogP contribution in [0.25, 0.3) is 0 Å². The highest BCUT2D eigenvalue weighted by atomic mass is 32.2. The number of aliphatic hydroxyl groups is 1. The smallest absolute Gasteiger partial charge is 0.0824 e. The molecule has 0 bridgehead atoms. The lowest BCUT2D eigenvalue weighted by Crippen LogP contribution is -1.94. The van der Waals surface area contributed by atoms with Crippen LogP contribution in [0.4, 0.5) is 0 Å². The summed E-state index contributed by atoms with van der Waals surface area (Å²) in [4.78, 5) is 1.18. The lowest BCUT2D eigenvalue weighted by atomic mass is 10.1. The zero-order valence-electron chi connectivity index (χ0n) is 7.73. The summed E-state index contributed by atoms with van der Waals surface area (Å²) < 4.78 is 0. The van der Waals surface area contributed by atoms with Gasteiger partial charge in [-0.25, -0.2) is 0 Å². The zero-order chi connectivity index (χ0) is 9.68. The van der Waals surface area contributed by atoms with Crippen molar-refractivity contribution in [3.8, 4) is 0 Å². The Morgan fingerprint density at radius 2 is 2.38 bits per heavy atom. The molecule has 1 unspecified atom stereocenters. The molecule has 1 atom stereocenters. The van der Waals surface area contributed by atoms with Gasteiger partial charge in [0.05, 0.1) is 6.10 Å². The molecular weight excluding hydrogens is 180 g/mol. The Morgan fingerprint density at radius 3 is 3.00 bits per heavy atom. The quantitative estimate of drug-likeness (QED) is 0.587. The maximum Gasteiger partial charge on any atom is 0.0824 e. The Morgan fingerprint density at radius 1 is 1.62 bits per heavy atom. The fraction of sp³-hybridized carbons (Fsp3) is 0.273. The van der Waals surface area contributed by atoms with Crippen LogP contribution < -0.4 is 0 Å². The first-order valence-electron chi connectivity index (χ1n) is 4.21. The van der Waals surface area contributed by atoms with E-state index in [1.165, 1.54) is 4.90 Å². The topological polar surface area (TPSA) is 20.2 Å². The van der Waals surface area contributed by atoms with Gasteiger partial charge in [-0.3, -0.25) is 0 Å². The van der Waals surface area contributed by atoms with E-state index in [0.29, 0.717) is 6.42 Å². The van der Waals surface area contributed by atoms with Crippen LogP contribution in [0.1, 0.15) is 18.1 Å². The van der Waals surface area contributed by atoms with Gasteiger partial charge in [0, 0.05) is 4.90 Å². The maximum absolute atomic E-state index is 9.66. The summed E-state index contributed by atoms with van der Waals surface area (Å²) in [6.07, 6.45) is 3.96. The average Bonchev–Trinajstić information content (AvgIpc) is 2.18. The molecule has 0 spiro atoms. The van der Waals surface area contributed by atoms with Crippen molar-refractivity contribution in [2.75, 3.05) is 6.26 Å². The van der Waals surface area contributed by atoms with Crippen LogP contribution in [0.2, 0.25) is 0 Å². The minimum absolute atomic E-state index is 0.412. The van der Waals surface area contributed by atoms with Gasteiger partial charge in [-0.05, 0) is 30.4 Å². The van der Waals surface area contributed by atoms with Crippen LogP contribution in [0.3, 0.4) is 0 Å². The number of thioether (sulfide) groups is 1. The van der Waals surface area contributed by atoms with Crippen molar-refractivity contribution < 1.29 is 5.11 Å². The number of benzene rings is 1. The molecule has 0 heterocycles. The predicted molar refractivity (Wildman–Crippen MR) is 58.0 cm³/mol. The zero-order valence-corrected chi connectivity index (χ0v) is 8.55. The number of hydrogen-bond acceptors (Lipinski definition) is 2. The van der Waals surface area contributed by atoms with Crippen molar-refractivity contribution >= 4 is 11.8 Å². The molecule has 2 heteroatoms. The first-order chi connectivity index (χ1) is 6.27. The Bertz CT molecular complexity index is 283. The Balaban J connectivity index is 2.81. The molecule has 1 N–H and O–H groups in total. The highest BCUT2D eigenvalue weighted by Gasteiger charge is 2.04. The first kappa shape index (κ1) is 10.4. The lowest BCUT2D eigenvalue weighted by molar-refractivity contribution is 0.181. The third kappa shape index (κ3) is 2.90. The fourth-order valence-electron chi connectivity index (χ4n) is 1.14. The summed E-state index contributed by atoms with van der Waals surface area (Å²) in [7, 11) is 0. The largest absolute Gasteiger partial charge is 0.388 e. The summed E-state index contributed by atoms with van der Waals surface area (Å²) in [6, 6.07) is 7.95. The van der Waals surface area contributed by atoms with Gasteiger partial charge < -0.3 is 5.11 Å². The van der Waals surface area contributed by atoms with Gasteiger partial charge in [-0.2, -0.15) is 0 Å². The summed E-state index contributed by atoms with van der Waals surface area (Å²) in [5.74, 6) is 0. The standard InChI is InChI=1S/C11H14OS/c1-3-5-11(12)9-6-4-7-10(8-9)13-2/h3-4,6-8,11-12H,1,5H2,2H3. The molecule has 13 heavy (non-hydrogen) atoms. The molecule has 1 rings (SSSR count). The number of aliphatic hydroxyl groups excluding tert-OH is 1. The highest BCUT2D eigenvalue weighted by Crippen LogP contribution is 2.22. The van der Waals surface area contributed by atoms with Crippen molar-refractivity contribution in [2.45, 2.75) is 17.4 Å². The average molecular weight is 194 g/mol. The van der Waals surface area contributed by atoms with Crippen molar-refractivity contribution in [1.29, 1.82) is 0 Å². The van der Waals surface area contributed by atoms with Gasteiger partial charge in [0.25, 0.3) is 0 Å². The summed E-state index contributed by atoms with van der Waals surface area (Å²) in [6.45, 7) is 3.60. The second-order valence-corrected chi connectivity index (χ2v) is 3.70. The molecule has 1 aromatic rings. The third-order valence-electron chi connectivity index (χ3n) is 1.87. The van der Waals surface area contributed by atoms with Crippen molar-refractivity contribution in [3.05, 3.63) is 42.5 Å². The van der Waals surface area contributed by atoms with Gasteiger partial charge >= 0.3 is 0 Å².